The van der Waals surface area contributed by atoms with Gasteiger partial charge in [0, 0.05) is 19.1 Å². The molecule has 23 heavy (non-hydrogen) atoms. The molecule has 1 aliphatic carbocycles. The molecule has 3 atom stereocenters. The van der Waals surface area contributed by atoms with Crippen molar-refractivity contribution in [2.24, 2.45) is 5.92 Å². The summed E-state index contributed by atoms with van der Waals surface area (Å²) < 4.78 is 0. The molecule has 0 radical (unpaired) electrons. The van der Waals surface area contributed by atoms with Gasteiger partial charge in [0.05, 0.1) is 12.1 Å². The number of rotatable bonds is 6. The first-order valence-corrected chi connectivity index (χ1v) is 9.19. The van der Waals surface area contributed by atoms with E-state index in [1.807, 2.05) is 6.92 Å². The van der Waals surface area contributed by atoms with Gasteiger partial charge in [-0.25, -0.2) is 0 Å². The summed E-state index contributed by atoms with van der Waals surface area (Å²) in [4.78, 5) is 26.6. The van der Waals surface area contributed by atoms with Crippen molar-refractivity contribution in [1.29, 1.82) is 0 Å². The van der Waals surface area contributed by atoms with Gasteiger partial charge in [-0.15, -0.1) is 0 Å². The van der Waals surface area contributed by atoms with Gasteiger partial charge >= 0.3 is 0 Å². The number of hydrogen-bond acceptors (Lipinski definition) is 4. The molecule has 2 amide bonds. The maximum Gasteiger partial charge on any atom is 0.237 e. The Labute approximate surface area is 138 Å². The van der Waals surface area contributed by atoms with E-state index >= 15 is 0 Å². The molecule has 2 saturated heterocycles. The van der Waals surface area contributed by atoms with Crippen LogP contribution in [-0.4, -0.2) is 61.0 Å². The van der Waals surface area contributed by atoms with Gasteiger partial charge in [0.15, 0.2) is 0 Å². The lowest BCUT2D eigenvalue weighted by Crippen LogP contribution is -2.51. The van der Waals surface area contributed by atoms with Crippen LogP contribution in [0.3, 0.4) is 0 Å². The summed E-state index contributed by atoms with van der Waals surface area (Å²) in [5.41, 5.74) is 0. The molecule has 3 N–H and O–H groups in total. The molecule has 3 rings (SSSR count). The zero-order valence-electron chi connectivity index (χ0n) is 14.1. The Balaban J connectivity index is 1.41. The van der Waals surface area contributed by atoms with Crippen LogP contribution >= 0.6 is 0 Å². The second-order valence-electron chi connectivity index (χ2n) is 7.36. The Bertz CT molecular complexity index is 432. The highest BCUT2D eigenvalue weighted by atomic mass is 16.2. The van der Waals surface area contributed by atoms with Crippen LogP contribution in [0, 0.1) is 5.92 Å². The average Bonchev–Trinajstić information content (AvgIpc) is 3.21. The third-order valence-electron chi connectivity index (χ3n) is 5.34. The summed E-state index contributed by atoms with van der Waals surface area (Å²) in [6, 6.07) is 0.354. The number of hydrogen-bond donors (Lipinski definition) is 3. The van der Waals surface area contributed by atoms with Crippen molar-refractivity contribution in [3.8, 4) is 0 Å². The Hall–Kier alpha value is -1.14. The molecule has 0 bridgehead atoms. The van der Waals surface area contributed by atoms with E-state index in [4.69, 9.17) is 0 Å². The highest BCUT2D eigenvalue weighted by molar-refractivity contribution is 5.82. The van der Waals surface area contributed by atoms with Gasteiger partial charge in [0.1, 0.15) is 0 Å². The maximum absolute atomic E-state index is 12.2. The molecule has 0 spiro atoms. The molecule has 3 unspecified atom stereocenters. The third-order valence-corrected chi connectivity index (χ3v) is 5.34. The first-order chi connectivity index (χ1) is 11.1. The minimum absolute atomic E-state index is 0.00191. The van der Waals surface area contributed by atoms with Crippen molar-refractivity contribution in [2.75, 3.05) is 26.2 Å². The third kappa shape index (κ3) is 4.67. The van der Waals surface area contributed by atoms with E-state index in [0.717, 1.165) is 64.7 Å². The zero-order chi connectivity index (χ0) is 16.2. The van der Waals surface area contributed by atoms with Crippen LogP contribution in [0.5, 0.6) is 0 Å². The maximum atomic E-state index is 12.2. The Morgan fingerprint density at radius 3 is 2.74 bits per heavy atom. The predicted octanol–water partition coefficient (Wildman–Crippen LogP) is 0.234. The summed E-state index contributed by atoms with van der Waals surface area (Å²) in [6.45, 7) is 5.56. The molecule has 0 aromatic rings. The normalized spacial score (nSPS) is 30.0. The van der Waals surface area contributed by atoms with Crippen LogP contribution in [0.15, 0.2) is 0 Å². The van der Waals surface area contributed by atoms with E-state index in [-0.39, 0.29) is 23.9 Å². The van der Waals surface area contributed by atoms with Crippen LogP contribution in [0.1, 0.15) is 45.4 Å². The fraction of sp³-hybridized carbons (Fsp3) is 0.882. The molecule has 0 aromatic carbocycles. The van der Waals surface area contributed by atoms with E-state index in [0.29, 0.717) is 12.0 Å². The molecule has 0 aromatic heterocycles. The SMILES string of the molecule is CC(C(=O)NC1CC1)N1CCCC(CNC(=O)C2CCCN2)C1. The first-order valence-electron chi connectivity index (χ1n) is 9.19. The fourth-order valence-electron chi connectivity index (χ4n) is 3.61. The quantitative estimate of drug-likeness (QED) is 0.655. The van der Waals surface area contributed by atoms with Crippen LogP contribution in [0.4, 0.5) is 0 Å². The van der Waals surface area contributed by atoms with E-state index in [1.54, 1.807) is 0 Å². The molecule has 2 aliphatic heterocycles. The zero-order valence-corrected chi connectivity index (χ0v) is 14.1. The molecule has 2 heterocycles. The molecule has 3 aliphatic rings. The summed E-state index contributed by atoms with van der Waals surface area (Å²) in [7, 11) is 0. The van der Waals surface area contributed by atoms with Gasteiger partial charge in [-0.2, -0.15) is 0 Å². The van der Waals surface area contributed by atoms with Crippen LogP contribution in [0.2, 0.25) is 0 Å². The lowest BCUT2D eigenvalue weighted by molar-refractivity contribution is -0.127. The molecule has 6 heteroatoms. The minimum atomic E-state index is -0.0643. The largest absolute Gasteiger partial charge is 0.354 e. The average molecular weight is 322 g/mol. The summed E-state index contributed by atoms with van der Waals surface area (Å²) in [5, 5.41) is 9.43. The topological polar surface area (TPSA) is 73.5 Å². The summed E-state index contributed by atoms with van der Waals surface area (Å²) in [5.74, 6) is 0.747. The van der Waals surface area contributed by atoms with Crippen molar-refractivity contribution in [2.45, 2.75) is 63.6 Å². The highest BCUT2D eigenvalue weighted by Crippen LogP contribution is 2.21. The Morgan fingerprint density at radius 2 is 2.04 bits per heavy atom. The van der Waals surface area contributed by atoms with Crippen molar-refractivity contribution < 1.29 is 9.59 Å². The van der Waals surface area contributed by atoms with Gasteiger partial charge in [-0.3, -0.25) is 14.5 Å². The minimum Gasteiger partial charge on any atom is -0.354 e. The Kier molecular flexibility index (Phi) is 5.54. The van der Waals surface area contributed by atoms with E-state index in [2.05, 4.69) is 20.9 Å². The number of nitrogens with one attached hydrogen (secondary N) is 3. The predicted molar refractivity (Wildman–Crippen MR) is 89.0 cm³/mol. The second-order valence-corrected chi connectivity index (χ2v) is 7.36. The number of nitrogens with zero attached hydrogens (tertiary/aromatic N) is 1. The number of piperidine rings is 1. The molecule has 6 nitrogen and oxygen atoms in total. The molecular weight excluding hydrogens is 292 g/mol. The van der Waals surface area contributed by atoms with E-state index in [1.165, 1.54) is 0 Å². The smallest absolute Gasteiger partial charge is 0.237 e. The number of likely N-dealkylation sites (tertiary alicyclic amines) is 1. The first kappa shape index (κ1) is 16.7. The van der Waals surface area contributed by atoms with Gasteiger partial charge in [0.25, 0.3) is 0 Å². The fourth-order valence-corrected chi connectivity index (χ4v) is 3.61. The number of amides is 2. The molecule has 130 valence electrons. The van der Waals surface area contributed by atoms with Gasteiger partial charge in [-0.1, -0.05) is 0 Å². The summed E-state index contributed by atoms with van der Waals surface area (Å²) >= 11 is 0. The number of carbonyl (C=O) groups excluding carboxylic acids is 2. The number of carbonyl (C=O) groups is 2. The monoisotopic (exact) mass is 322 g/mol. The van der Waals surface area contributed by atoms with Crippen molar-refractivity contribution >= 4 is 11.8 Å². The highest BCUT2D eigenvalue weighted by Gasteiger charge is 2.31. The van der Waals surface area contributed by atoms with Crippen molar-refractivity contribution in [1.82, 2.24) is 20.9 Å². The Morgan fingerprint density at radius 1 is 1.22 bits per heavy atom. The summed E-state index contributed by atoms with van der Waals surface area (Å²) in [6.07, 6.45) is 6.52. The van der Waals surface area contributed by atoms with Crippen molar-refractivity contribution in [3.63, 3.8) is 0 Å². The van der Waals surface area contributed by atoms with Crippen molar-refractivity contribution in [3.05, 3.63) is 0 Å². The standard InChI is InChI=1S/C17H30N4O2/c1-12(16(22)20-14-6-7-14)21-9-3-4-13(11-21)10-19-17(23)15-5-2-8-18-15/h12-15,18H,2-11H2,1H3,(H,19,23)(H,20,22). The van der Waals surface area contributed by atoms with Crippen LogP contribution in [0.25, 0.3) is 0 Å². The van der Waals surface area contributed by atoms with E-state index < -0.39 is 0 Å². The van der Waals surface area contributed by atoms with Crippen LogP contribution in [-0.2, 0) is 9.59 Å². The molecule has 1 saturated carbocycles. The lowest BCUT2D eigenvalue weighted by atomic mass is 9.96. The van der Waals surface area contributed by atoms with Crippen LogP contribution < -0.4 is 16.0 Å². The van der Waals surface area contributed by atoms with Gasteiger partial charge in [-0.05, 0) is 64.5 Å². The van der Waals surface area contributed by atoms with E-state index in [9.17, 15) is 9.59 Å². The van der Waals surface area contributed by atoms with Gasteiger partial charge in [0.2, 0.25) is 11.8 Å². The molecule has 3 fully saturated rings. The van der Waals surface area contributed by atoms with Gasteiger partial charge < -0.3 is 16.0 Å². The lowest BCUT2D eigenvalue weighted by Gasteiger charge is -2.36. The molecular formula is C17H30N4O2. The second kappa shape index (κ2) is 7.62.